The molecule has 2 heterocycles. The third-order valence-corrected chi connectivity index (χ3v) is 2.61. The maximum atomic E-state index is 4.19. The molecule has 0 atom stereocenters. The molecule has 3 heteroatoms. The molecule has 0 spiro atoms. The van der Waals surface area contributed by atoms with Gasteiger partial charge in [-0.25, -0.2) is 4.98 Å². The van der Waals surface area contributed by atoms with Gasteiger partial charge in [0.2, 0.25) is 0 Å². The largest absolute Gasteiger partial charge is 0.257 e. The van der Waals surface area contributed by atoms with Crippen LogP contribution >= 0.6 is 11.3 Å². The highest BCUT2D eigenvalue weighted by atomic mass is 32.1. The van der Waals surface area contributed by atoms with Crippen molar-refractivity contribution in [2.24, 2.45) is 0 Å². The van der Waals surface area contributed by atoms with Crippen molar-refractivity contribution in [2.45, 2.75) is 0 Å². The highest BCUT2D eigenvalue weighted by Crippen LogP contribution is 2.02. The zero-order chi connectivity index (χ0) is 11.8. The Bertz CT molecular complexity index is 510. The SMILES string of the molecule is C(=C\C=C\c1cscn1)/C=C/c1ccccn1. The second-order valence-corrected chi connectivity index (χ2v) is 3.99. The highest BCUT2D eigenvalue weighted by molar-refractivity contribution is 7.07. The van der Waals surface area contributed by atoms with Crippen molar-refractivity contribution in [3.05, 3.63) is 71.0 Å². The normalized spacial score (nSPS) is 12.0. The fourth-order valence-corrected chi connectivity index (χ4v) is 1.74. The molecular formula is C14H12N2S. The minimum atomic E-state index is 0.959. The van der Waals surface area contributed by atoms with E-state index in [1.165, 1.54) is 0 Å². The lowest BCUT2D eigenvalue weighted by Gasteiger charge is -1.87. The molecule has 0 aliphatic carbocycles. The summed E-state index contributed by atoms with van der Waals surface area (Å²) in [6.07, 6.45) is 13.6. The van der Waals surface area contributed by atoms with Crippen LogP contribution in [0.4, 0.5) is 0 Å². The van der Waals surface area contributed by atoms with E-state index in [2.05, 4.69) is 9.97 Å². The van der Waals surface area contributed by atoms with Crippen molar-refractivity contribution in [3.63, 3.8) is 0 Å². The first kappa shape index (κ1) is 11.5. The Kier molecular flexibility index (Phi) is 4.43. The smallest absolute Gasteiger partial charge is 0.0798 e. The van der Waals surface area contributed by atoms with E-state index >= 15 is 0 Å². The average Bonchev–Trinajstić information content (AvgIpc) is 2.88. The number of pyridine rings is 1. The van der Waals surface area contributed by atoms with Crippen LogP contribution in [-0.4, -0.2) is 9.97 Å². The van der Waals surface area contributed by atoms with Crippen molar-refractivity contribution in [2.75, 3.05) is 0 Å². The van der Waals surface area contributed by atoms with E-state index < -0.39 is 0 Å². The molecule has 17 heavy (non-hydrogen) atoms. The molecule has 0 amide bonds. The molecule has 0 aliphatic heterocycles. The summed E-state index contributed by atoms with van der Waals surface area (Å²) in [5.41, 5.74) is 3.78. The van der Waals surface area contributed by atoms with Crippen molar-refractivity contribution >= 4 is 23.5 Å². The molecule has 84 valence electrons. The number of aromatic nitrogens is 2. The average molecular weight is 240 g/mol. The van der Waals surface area contributed by atoms with Crippen molar-refractivity contribution < 1.29 is 0 Å². The van der Waals surface area contributed by atoms with Gasteiger partial charge in [0.05, 0.1) is 16.9 Å². The summed E-state index contributed by atoms with van der Waals surface area (Å²) in [5.74, 6) is 0. The fraction of sp³-hybridized carbons (Fsp3) is 0. The van der Waals surface area contributed by atoms with Crippen molar-refractivity contribution in [1.82, 2.24) is 9.97 Å². The van der Waals surface area contributed by atoms with Gasteiger partial charge in [-0.2, -0.15) is 0 Å². The van der Waals surface area contributed by atoms with Gasteiger partial charge in [0, 0.05) is 11.6 Å². The molecule has 0 radical (unpaired) electrons. The number of hydrogen-bond acceptors (Lipinski definition) is 3. The molecule has 0 fully saturated rings. The van der Waals surface area contributed by atoms with Gasteiger partial charge in [0.25, 0.3) is 0 Å². The second-order valence-electron chi connectivity index (χ2n) is 3.27. The van der Waals surface area contributed by atoms with Crippen LogP contribution in [0.15, 0.2) is 59.6 Å². The molecule has 0 bridgehead atoms. The number of rotatable bonds is 4. The summed E-state index contributed by atoms with van der Waals surface area (Å²) in [6, 6.07) is 5.84. The summed E-state index contributed by atoms with van der Waals surface area (Å²) >= 11 is 1.60. The lowest BCUT2D eigenvalue weighted by Crippen LogP contribution is -1.74. The summed E-state index contributed by atoms with van der Waals surface area (Å²) in [5, 5.41) is 2.01. The Hall–Kier alpha value is -2.00. The van der Waals surface area contributed by atoms with Crippen LogP contribution in [-0.2, 0) is 0 Å². The first-order valence-corrected chi connectivity index (χ1v) is 6.20. The zero-order valence-electron chi connectivity index (χ0n) is 9.23. The predicted molar refractivity (Wildman–Crippen MR) is 73.6 cm³/mol. The minimum Gasteiger partial charge on any atom is -0.257 e. The monoisotopic (exact) mass is 240 g/mol. The third-order valence-electron chi connectivity index (χ3n) is 2.01. The molecule has 0 saturated heterocycles. The van der Waals surface area contributed by atoms with Gasteiger partial charge in [-0.05, 0) is 24.3 Å². The molecule has 0 saturated carbocycles. The lowest BCUT2D eigenvalue weighted by molar-refractivity contribution is 1.30. The van der Waals surface area contributed by atoms with Gasteiger partial charge in [0.15, 0.2) is 0 Å². The maximum absolute atomic E-state index is 4.19. The van der Waals surface area contributed by atoms with E-state index in [4.69, 9.17) is 0 Å². The summed E-state index contributed by atoms with van der Waals surface area (Å²) in [7, 11) is 0. The van der Waals surface area contributed by atoms with Gasteiger partial charge in [-0.3, -0.25) is 4.98 Å². The summed E-state index contributed by atoms with van der Waals surface area (Å²) in [4.78, 5) is 8.34. The van der Waals surface area contributed by atoms with Gasteiger partial charge < -0.3 is 0 Å². The lowest BCUT2D eigenvalue weighted by atomic mass is 10.3. The summed E-state index contributed by atoms with van der Waals surface area (Å²) in [6.45, 7) is 0. The van der Waals surface area contributed by atoms with Crippen LogP contribution in [0, 0.1) is 0 Å². The van der Waals surface area contributed by atoms with Gasteiger partial charge in [0.1, 0.15) is 0 Å². The standard InChI is InChI=1S/C14H12N2S/c1(2-4-9-14-11-17-12-16-14)3-7-13-8-5-6-10-15-13/h1-12H/b2-1+,7-3+,9-4+. The molecule has 0 aromatic carbocycles. The Labute approximate surface area is 105 Å². The van der Waals surface area contributed by atoms with Gasteiger partial charge in [-0.15, -0.1) is 11.3 Å². The highest BCUT2D eigenvalue weighted by Gasteiger charge is 1.83. The minimum absolute atomic E-state index is 0.959. The first-order chi connectivity index (χ1) is 8.45. The molecule has 0 aliphatic rings. The molecule has 2 rings (SSSR count). The number of allylic oxidation sites excluding steroid dienone is 4. The Morgan fingerprint density at radius 1 is 0.882 bits per heavy atom. The topological polar surface area (TPSA) is 25.8 Å². The number of thiazole rings is 1. The van der Waals surface area contributed by atoms with Crippen LogP contribution in [0.25, 0.3) is 12.2 Å². The van der Waals surface area contributed by atoms with E-state index in [9.17, 15) is 0 Å². The second kappa shape index (κ2) is 6.55. The fourth-order valence-electron chi connectivity index (χ4n) is 1.22. The van der Waals surface area contributed by atoms with Crippen LogP contribution < -0.4 is 0 Å². The van der Waals surface area contributed by atoms with Gasteiger partial charge in [-0.1, -0.05) is 30.4 Å². The van der Waals surface area contributed by atoms with Crippen molar-refractivity contribution in [3.8, 4) is 0 Å². The van der Waals surface area contributed by atoms with Crippen LogP contribution in [0.3, 0.4) is 0 Å². The summed E-state index contributed by atoms with van der Waals surface area (Å²) < 4.78 is 0. The molecule has 0 N–H and O–H groups in total. The van der Waals surface area contributed by atoms with Crippen molar-refractivity contribution in [1.29, 1.82) is 0 Å². The van der Waals surface area contributed by atoms with E-state index in [0.29, 0.717) is 0 Å². The quantitative estimate of drug-likeness (QED) is 0.759. The Morgan fingerprint density at radius 2 is 1.71 bits per heavy atom. The number of hydrogen-bond donors (Lipinski definition) is 0. The van der Waals surface area contributed by atoms with E-state index in [-0.39, 0.29) is 0 Å². The Balaban J connectivity index is 1.84. The molecule has 2 aromatic heterocycles. The van der Waals surface area contributed by atoms with Crippen LogP contribution in [0.5, 0.6) is 0 Å². The molecule has 2 aromatic rings. The first-order valence-electron chi connectivity index (χ1n) is 5.26. The van der Waals surface area contributed by atoms with Gasteiger partial charge >= 0.3 is 0 Å². The third kappa shape index (κ3) is 4.17. The van der Waals surface area contributed by atoms with E-state index in [1.807, 2.05) is 65.5 Å². The molecule has 2 nitrogen and oxygen atoms in total. The predicted octanol–water partition coefficient (Wildman–Crippen LogP) is 3.82. The molecular weight excluding hydrogens is 228 g/mol. The maximum Gasteiger partial charge on any atom is 0.0798 e. The van der Waals surface area contributed by atoms with E-state index in [1.54, 1.807) is 17.5 Å². The van der Waals surface area contributed by atoms with Crippen LogP contribution in [0.2, 0.25) is 0 Å². The number of nitrogens with zero attached hydrogens (tertiary/aromatic N) is 2. The Morgan fingerprint density at radius 3 is 2.35 bits per heavy atom. The van der Waals surface area contributed by atoms with E-state index in [0.717, 1.165) is 11.4 Å². The molecule has 0 unspecified atom stereocenters. The zero-order valence-corrected chi connectivity index (χ0v) is 10.0. The van der Waals surface area contributed by atoms with Crippen LogP contribution in [0.1, 0.15) is 11.4 Å².